The van der Waals surface area contributed by atoms with Crippen LogP contribution in [0.5, 0.6) is 0 Å². The molecule has 128 valence electrons. The number of benzene rings is 2. The highest BCUT2D eigenvalue weighted by Crippen LogP contribution is 2.23. The molecule has 0 fully saturated rings. The van der Waals surface area contributed by atoms with Gasteiger partial charge in [0.2, 0.25) is 5.91 Å². The maximum absolute atomic E-state index is 12.3. The van der Waals surface area contributed by atoms with E-state index in [9.17, 15) is 14.4 Å². The summed E-state index contributed by atoms with van der Waals surface area (Å²) in [5.41, 5.74) is 8.84. The van der Waals surface area contributed by atoms with E-state index < -0.39 is 6.03 Å². The van der Waals surface area contributed by atoms with Gasteiger partial charge in [-0.15, -0.1) is 0 Å². The van der Waals surface area contributed by atoms with Crippen LogP contribution < -0.4 is 21.7 Å². The molecule has 0 saturated heterocycles. The van der Waals surface area contributed by atoms with E-state index in [1.807, 2.05) is 6.07 Å². The number of aryl methyl sites for hydroxylation is 1. The number of hydrogen-bond acceptors (Lipinski definition) is 3. The highest BCUT2D eigenvalue weighted by atomic mass is 16.2. The Kier molecular flexibility index (Phi) is 4.65. The number of rotatable bonds is 4. The molecule has 5 N–H and O–H groups in total. The second-order valence-electron chi connectivity index (χ2n) is 5.79. The zero-order chi connectivity index (χ0) is 17.8. The van der Waals surface area contributed by atoms with Crippen LogP contribution >= 0.6 is 0 Å². The van der Waals surface area contributed by atoms with Gasteiger partial charge in [0.05, 0.1) is 0 Å². The molecule has 7 nitrogen and oxygen atoms in total. The predicted octanol–water partition coefficient (Wildman–Crippen LogP) is 1.99. The van der Waals surface area contributed by atoms with Gasteiger partial charge in [0.15, 0.2) is 0 Å². The fourth-order valence-corrected chi connectivity index (χ4v) is 2.66. The summed E-state index contributed by atoms with van der Waals surface area (Å²) in [6, 6.07) is 11.7. The van der Waals surface area contributed by atoms with Crippen molar-refractivity contribution in [3.05, 3.63) is 59.2 Å². The zero-order valence-corrected chi connectivity index (χ0v) is 13.5. The quantitative estimate of drug-likeness (QED) is 0.683. The van der Waals surface area contributed by atoms with Crippen molar-refractivity contribution in [2.24, 2.45) is 5.73 Å². The fraction of sp³-hybridized carbons (Fsp3) is 0.167. The molecular formula is C18H18N4O3. The lowest BCUT2D eigenvalue weighted by Gasteiger charge is -2.17. The molecule has 0 aromatic heterocycles. The van der Waals surface area contributed by atoms with E-state index in [1.54, 1.807) is 36.4 Å². The molecule has 1 aliphatic rings. The van der Waals surface area contributed by atoms with Gasteiger partial charge in [-0.25, -0.2) is 4.79 Å². The number of anilines is 2. The number of carbonyl (C=O) groups is 3. The highest BCUT2D eigenvalue weighted by molar-refractivity contribution is 5.98. The van der Waals surface area contributed by atoms with E-state index in [4.69, 9.17) is 5.73 Å². The van der Waals surface area contributed by atoms with E-state index >= 15 is 0 Å². The van der Waals surface area contributed by atoms with Crippen LogP contribution in [-0.2, 0) is 17.8 Å². The molecule has 0 saturated carbocycles. The number of carbonyl (C=O) groups excluding carboxylic acids is 3. The molecule has 3 rings (SSSR count). The summed E-state index contributed by atoms with van der Waals surface area (Å²) in [6.07, 6.45) is 1.07. The smallest absolute Gasteiger partial charge is 0.316 e. The normalized spacial score (nSPS) is 12.7. The van der Waals surface area contributed by atoms with Gasteiger partial charge in [0, 0.05) is 29.9 Å². The molecule has 7 heteroatoms. The average Bonchev–Trinajstić information content (AvgIpc) is 2.60. The van der Waals surface area contributed by atoms with Crippen molar-refractivity contribution in [2.75, 3.05) is 10.6 Å². The average molecular weight is 338 g/mol. The Bertz CT molecular complexity index is 831. The third-order valence-corrected chi connectivity index (χ3v) is 3.94. The van der Waals surface area contributed by atoms with Crippen LogP contribution in [0.2, 0.25) is 0 Å². The molecule has 0 atom stereocenters. The Balaban J connectivity index is 1.61. The molecule has 1 heterocycles. The van der Waals surface area contributed by atoms with Gasteiger partial charge in [0.25, 0.3) is 5.91 Å². The molecule has 0 radical (unpaired) electrons. The van der Waals surface area contributed by atoms with Gasteiger partial charge >= 0.3 is 6.03 Å². The lowest BCUT2D eigenvalue weighted by atomic mass is 10.00. The van der Waals surface area contributed by atoms with Crippen molar-refractivity contribution >= 4 is 29.2 Å². The molecule has 0 bridgehead atoms. The number of fused-ring (bicyclic) bond motifs is 1. The first kappa shape index (κ1) is 16.5. The summed E-state index contributed by atoms with van der Waals surface area (Å²) >= 11 is 0. The van der Waals surface area contributed by atoms with Crippen molar-refractivity contribution in [1.82, 2.24) is 5.32 Å². The lowest BCUT2D eigenvalue weighted by Crippen LogP contribution is -2.24. The number of amides is 4. The number of urea groups is 1. The highest BCUT2D eigenvalue weighted by Gasteiger charge is 2.16. The maximum atomic E-state index is 12.3. The summed E-state index contributed by atoms with van der Waals surface area (Å²) in [6.45, 7) is 0.365. The van der Waals surface area contributed by atoms with Crippen molar-refractivity contribution < 1.29 is 14.4 Å². The van der Waals surface area contributed by atoms with Crippen LogP contribution in [0.1, 0.15) is 27.9 Å². The number of hydrogen-bond donors (Lipinski definition) is 4. The minimum absolute atomic E-state index is 0.000950. The summed E-state index contributed by atoms with van der Waals surface area (Å²) in [4.78, 5) is 34.5. The molecular weight excluding hydrogens is 320 g/mol. The Morgan fingerprint density at radius 3 is 2.56 bits per heavy atom. The van der Waals surface area contributed by atoms with E-state index in [1.165, 1.54) is 0 Å². The number of primary amides is 1. The molecule has 25 heavy (non-hydrogen) atoms. The third kappa shape index (κ3) is 4.14. The van der Waals surface area contributed by atoms with Gasteiger partial charge < -0.3 is 21.7 Å². The predicted molar refractivity (Wildman–Crippen MR) is 94.2 cm³/mol. The molecule has 1 aliphatic heterocycles. The zero-order valence-electron chi connectivity index (χ0n) is 13.5. The minimum Gasteiger partial charge on any atom is -0.351 e. The van der Waals surface area contributed by atoms with Gasteiger partial charge in [-0.3, -0.25) is 9.59 Å². The van der Waals surface area contributed by atoms with Crippen molar-refractivity contribution in [1.29, 1.82) is 0 Å². The SMILES string of the molecule is NC(=O)Nc1ccc(CNC(=O)c2ccc3c(c2)CCC(=O)N3)cc1. The van der Waals surface area contributed by atoms with Gasteiger partial charge in [0.1, 0.15) is 0 Å². The van der Waals surface area contributed by atoms with Gasteiger partial charge in [-0.1, -0.05) is 12.1 Å². The molecule has 0 spiro atoms. The maximum Gasteiger partial charge on any atom is 0.316 e. The molecule has 0 aliphatic carbocycles. The summed E-state index contributed by atoms with van der Waals surface area (Å²) in [7, 11) is 0. The van der Waals surface area contributed by atoms with Crippen molar-refractivity contribution in [3.8, 4) is 0 Å². The Hall–Kier alpha value is -3.35. The van der Waals surface area contributed by atoms with Crippen LogP contribution in [0, 0.1) is 0 Å². The van der Waals surface area contributed by atoms with Gasteiger partial charge in [-0.2, -0.15) is 0 Å². The van der Waals surface area contributed by atoms with E-state index in [2.05, 4.69) is 16.0 Å². The summed E-state index contributed by atoms with van der Waals surface area (Å²) in [5, 5.41) is 8.12. The standard InChI is InChI=1S/C18H18N4O3/c19-18(25)21-14-5-1-11(2-6-14)10-20-17(24)13-3-7-15-12(9-13)4-8-16(23)22-15/h1-3,5-7,9H,4,8,10H2,(H,20,24)(H,22,23)(H3,19,21,25). The second kappa shape index (κ2) is 7.04. The van der Waals surface area contributed by atoms with Crippen LogP contribution in [0.15, 0.2) is 42.5 Å². The summed E-state index contributed by atoms with van der Waals surface area (Å²) < 4.78 is 0. The van der Waals surface area contributed by atoms with E-state index in [0.29, 0.717) is 30.6 Å². The first-order valence-electron chi connectivity index (χ1n) is 7.87. The first-order valence-corrected chi connectivity index (χ1v) is 7.87. The Morgan fingerprint density at radius 1 is 1.08 bits per heavy atom. The van der Waals surface area contributed by atoms with Crippen LogP contribution in [0.3, 0.4) is 0 Å². The van der Waals surface area contributed by atoms with E-state index in [0.717, 1.165) is 16.8 Å². The van der Waals surface area contributed by atoms with Crippen LogP contribution in [-0.4, -0.2) is 17.8 Å². The summed E-state index contributed by atoms with van der Waals surface area (Å²) in [5.74, 6) is -0.182. The second-order valence-corrected chi connectivity index (χ2v) is 5.79. The number of nitrogens with two attached hydrogens (primary N) is 1. The Morgan fingerprint density at radius 2 is 1.84 bits per heavy atom. The molecule has 4 amide bonds. The number of nitrogens with one attached hydrogen (secondary N) is 3. The topological polar surface area (TPSA) is 113 Å². The molecule has 0 unspecified atom stereocenters. The Labute approximate surface area is 144 Å². The van der Waals surface area contributed by atoms with Crippen molar-refractivity contribution in [2.45, 2.75) is 19.4 Å². The largest absolute Gasteiger partial charge is 0.351 e. The third-order valence-electron chi connectivity index (χ3n) is 3.94. The monoisotopic (exact) mass is 338 g/mol. The first-order chi connectivity index (χ1) is 12.0. The van der Waals surface area contributed by atoms with Crippen molar-refractivity contribution in [3.63, 3.8) is 0 Å². The fourth-order valence-electron chi connectivity index (χ4n) is 2.66. The van der Waals surface area contributed by atoms with E-state index in [-0.39, 0.29) is 11.8 Å². The minimum atomic E-state index is -0.621. The van der Waals surface area contributed by atoms with Gasteiger partial charge in [-0.05, 0) is 47.9 Å². The van der Waals surface area contributed by atoms with Crippen LogP contribution in [0.25, 0.3) is 0 Å². The lowest BCUT2D eigenvalue weighted by molar-refractivity contribution is -0.116. The molecule has 2 aromatic rings. The van der Waals surface area contributed by atoms with Crippen LogP contribution in [0.4, 0.5) is 16.2 Å². The molecule has 2 aromatic carbocycles.